The number of nitrogens with zero attached hydrogens (tertiary/aromatic N) is 3. The maximum atomic E-state index is 12.3. The minimum Gasteiger partial charge on any atom is -0.468 e. The maximum Gasteiger partial charge on any atom is 0.325 e. The van der Waals surface area contributed by atoms with Crippen molar-refractivity contribution in [2.75, 3.05) is 13.7 Å². The number of carbonyl (C=O) groups is 2. The van der Waals surface area contributed by atoms with Crippen LogP contribution in [0.15, 0.2) is 30.3 Å². The number of carbonyl (C=O) groups excluding carboxylic acids is 2. The van der Waals surface area contributed by atoms with Crippen molar-refractivity contribution in [2.24, 2.45) is 0 Å². The fourth-order valence-corrected chi connectivity index (χ4v) is 3.09. The Morgan fingerprint density at radius 1 is 1.42 bits per heavy atom. The van der Waals surface area contributed by atoms with Gasteiger partial charge in [-0.3, -0.25) is 19.3 Å². The highest BCUT2D eigenvalue weighted by atomic mass is 32.1. The normalized spacial score (nSPS) is 17.3. The Labute approximate surface area is 144 Å². The van der Waals surface area contributed by atoms with Crippen LogP contribution in [0.4, 0.5) is 0 Å². The van der Waals surface area contributed by atoms with Gasteiger partial charge in [0.1, 0.15) is 12.4 Å². The number of methoxy groups -OCH3 is 1. The molecule has 2 aromatic rings. The highest BCUT2D eigenvalue weighted by Crippen LogP contribution is 2.28. The molecule has 7 nitrogen and oxygen atoms in total. The molecule has 1 aromatic heterocycles. The van der Waals surface area contributed by atoms with Crippen LogP contribution in [0.3, 0.4) is 0 Å². The molecule has 0 spiro atoms. The molecule has 1 atom stereocenters. The number of nitrogens with one attached hydrogen (secondary N) is 1. The molecule has 126 valence electrons. The minimum atomic E-state index is -0.404. The van der Waals surface area contributed by atoms with Crippen LogP contribution >= 0.6 is 12.2 Å². The molecule has 0 bridgehead atoms. The Balaban J connectivity index is 1.76. The average Bonchev–Trinajstić information content (AvgIpc) is 3.12. The van der Waals surface area contributed by atoms with Gasteiger partial charge in [0.15, 0.2) is 4.77 Å². The molecule has 1 aliphatic heterocycles. The largest absolute Gasteiger partial charge is 0.468 e. The van der Waals surface area contributed by atoms with Crippen LogP contribution in [0.5, 0.6) is 0 Å². The Hall–Kier alpha value is -2.48. The average molecular weight is 346 g/mol. The number of benzene rings is 1. The molecule has 24 heavy (non-hydrogen) atoms. The molecule has 0 saturated carbocycles. The number of rotatable bonds is 5. The van der Waals surface area contributed by atoms with E-state index in [0.29, 0.717) is 30.1 Å². The van der Waals surface area contributed by atoms with E-state index in [-0.39, 0.29) is 18.4 Å². The van der Waals surface area contributed by atoms with Crippen LogP contribution in [0.2, 0.25) is 0 Å². The van der Waals surface area contributed by atoms with Gasteiger partial charge in [-0.25, -0.2) is 0 Å². The van der Waals surface area contributed by atoms with Crippen molar-refractivity contribution in [3.8, 4) is 0 Å². The molecule has 1 aliphatic rings. The molecule has 1 fully saturated rings. The van der Waals surface area contributed by atoms with Gasteiger partial charge in [0.2, 0.25) is 5.91 Å². The van der Waals surface area contributed by atoms with E-state index in [2.05, 4.69) is 10.2 Å². The van der Waals surface area contributed by atoms with E-state index in [1.54, 1.807) is 9.47 Å². The number of ether oxygens (including phenoxy) is 1. The van der Waals surface area contributed by atoms with Gasteiger partial charge in [-0.15, -0.1) is 0 Å². The van der Waals surface area contributed by atoms with Gasteiger partial charge in [0.25, 0.3) is 0 Å². The third-order valence-corrected chi connectivity index (χ3v) is 4.41. The Morgan fingerprint density at radius 2 is 2.17 bits per heavy atom. The Kier molecular flexibility index (Phi) is 4.75. The second-order valence-electron chi connectivity index (χ2n) is 5.71. The number of esters is 1. The van der Waals surface area contributed by atoms with E-state index in [0.717, 1.165) is 5.56 Å². The van der Waals surface area contributed by atoms with Gasteiger partial charge < -0.3 is 9.64 Å². The molecule has 1 unspecified atom stereocenters. The fraction of sp³-hybridized carbons (Fsp3) is 0.375. The van der Waals surface area contributed by atoms with Crippen LogP contribution < -0.4 is 0 Å². The van der Waals surface area contributed by atoms with Gasteiger partial charge in [0.05, 0.1) is 7.11 Å². The number of likely N-dealkylation sites (tertiary alicyclic amines) is 1. The quantitative estimate of drug-likeness (QED) is 0.657. The monoisotopic (exact) mass is 346 g/mol. The minimum absolute atomic E-state index is 0.00938. The van der Waals surface area contributed by atoms with Crippen LogP contribution in [-0.2, 0) is 27.4 Å². The molecule has 0 aliphatic carbocycles. The molecule has 2 heterocycles. The summed E-state index contributed by atoms with van der Waals surface area (Å²) in [6.45, 7) is 1.11. The summed E-state index contributed by atoms with van der Waals surface area (Å²) in [6.07, 6.45) is 0.355. The molecule has 8 heteroatoms. The van der Waals surface area contributed by atoms with Crippen molar-refractivity contribution in [3.05, 3.63) is 46.5 Å². The van der Waals surface area contributed by atoms with Crippen LogP contribution in [-0.4, -0.2) is 45.2 Å². The first-order valence-electron chi connectivity index (χ1n) is 7.62. The second kappa shape index (κ2) is 6.96. The van der Waals surface area contributed by atoms with E-state index in [1.165, 1.54) is 7.11 Å². The SMILES string of the molecule is COC(=O)Cn1c(C2CC(=O)N(Cc3ccccc3)C2)n[nH]c1=S. The zero-order chi connectivity index (χ0) is 17.1. The number of H-pyrrole nitrogens is 1. The van der Waals surface area contributed by atoms with Crippen molar-refractivity contribution >= 4 is 24.1 Å². The highest BCUT2D eigenvalue weighted by molar-refractivity contribution is 7.71. The predicted octanol–water partition coefficient (Wildman–Crippen LogP) is 1.63. The van der Waals surface area contributed by atoms with Gasteiger partial charge in [-0.1, -0.05) is 30.3 Å². The summed E-state index contributed by atoms with van der Waals surface area (Å²) in [5.74, 6) is 0.190. The number of amides is 1. The van der Waals surface area contributed by atoms with Crippen LogP contribution in [0.1, 0.15) is 23.7 Å². The number of hydrogen-bond acceptors (Lipinski definition) is 5. The molecular weight excluding hydrogens is 328 g/mol. The summed E-state index contributed by atoms with van der Waals surface area (Å²) >= 11 is 5.18. The first kappa shape index (κ1) is 16.4. The fourth-order valence-electron chi connectivity index (χ4n) is 2.89. The number of aromatic amines is 1. The van der Waals surface area contributed by atoms with Gasteiger partial charge in [0, 0.05) is 25.4 Å². The molecule has 1 aromatic carbocycles. The molecule has 1 N–H and O–H groups in total. The molecular formula is C16H18N4O3S. The zero-order valence-corrected chi connectivity index (χ0v) is 14.1. The maximum absolute atomic E-state index is 12.3. The third kappa shape index (κ3) is 3.38. The summed E-state index contributed by atoms with van der Waals surface area (Å²) in [7, 11) is 1.33. The summed E-state index contributed by atoms with van der Waals surface area (Å²) in [5.41, 5.74) is 1.08. The van der Waals surface area contributed by atoms with Crippen LogP contribution in [0.25, 0.3) is 0 Å². The first-order chi connectivity index (χ1) is 11.6. The first-order valence-corrected chi connectivity index (χ1v) is 8.03. The van der Waals surface area contributed by atoms with E-state index in [4.69, 9.17) is 17.0 Å². The lowest BCUT2D eigenvalue weighted by Gasteiger charge is -2.16. The van der Waals surface area contributed by atoms with Gasteiger partial charge in [-0.2, -0.15) is 5.10 Å². The van der Waals surface area contributed by atoms with Crippen molar-refractivity contribution in [2.45, 2.75) is 25.4 Å². The summed E-state index contributed by atoms with van der Waals surface area (Å²) < 4.78 is 6.65. The number of hydrogen-bond donors (Lipinski definition) is 1. The molecule has 1 saturated heterocycles. The third-order valence-electron chi connectivity index (χ3n) is 4.10. The standard InChI is InChI=1S/C16H18N4O3S/c1-23-14(22)10-20-15(17-18-16(20)24)12-7-13(21)19(9-12)8-11-5-3-2-4-6-11/h2-6,12H,7-10H2,1H3,(H,18,24). The zero-order valence-electron chi connectivity index (χ0n) is 13.3. The van der Waals surface area contributed by atoms with E-state index >= 15 is 0 Å². The lowest BCUT2D eigenvalue weighted by Crippen LogP contribution is -2.24. The summed E-state index contributed by atoms with van der Waals surface area (Å²) in [6, 6.07) is 9.84. The topological polar surface area (TPSA) is 80.2 Å². The van der Waals surface area contributed by atoms with Crippen molar-refractivity contribution in [1.82, 2.24) is 19.7 Å². The Morgan fingerprint density at radius 3 is 2.88 bits per heavy atom. The molecule has 1 amide bonds. The van der Waals surface area contributed by atoms with Crippen LogP contribution in [0, 0.1) is 4.77 Å². The summed E-state index contributed by atoms with van der Waals surface area (Å²) in [4.78, 5) is 25.7. The second-order valence-corrected chi connectivity index (χ2v) is 6.10. The lowest BCUT2D eigenvalue weighted by atomic mass is 10.1. The van der Waals surface area contributed by atoms with E-state index in [1.807, 2.05) is 30.3 Å². The van der Waals surface area contributed by atoms with Crippen molar-refractivity contribution in [3.63, 3.8) is 0 Å². The molecule has 3 rings (SSSR count). The van der Waals surface area contributed by atoms with Crippen molar-refractivity contribution < 1.29 is 14.3 Å². The smallest absolute Gasteiger partial charge is 0.325 e. The van der Waals surface area contributed by atoms with Crippen molar-refractivity contribution in [1.29, 1.82) is 0 Å². The van der Waals surface area contributed by atoms with Gasteiger partial charge in [-0.05, 0) is 17.8 Å². The number of aromatic nitrogens is 3. The lowest BCUT2D eigenvalue weighted by molar-refractivity contribution is -0.141. The molecule has 0 radical (unpaired) electrons. The summed E-state index contributed by atoms with van der Waals surface area (Å²) in [5, 5.41) is 6.92. The van der Waals surface area contributed by atoms with E-state index < -0.39 is 5.97 Å². The van der Waals surface area contributed by atoms with Gasteiger partial charge >= 0.3 is 5.97 Å². The highest BCUT2D eigenvalue weighted by Gasteiger charge is 2.34. The predicted molar refractivity (Wildman–Crippen MR) is 88.6 cm³/mol. The van der Waals surface area contributed by atoms with E-state index in [9.17, 15) is 9.59 Å². The Bertz CT molecular complexity index is 799.